The highest BCUT2D eigenvalue weighted by atomic mass is 35.5. The normalized spacial score (nSPS) is 17.6. The molecule has 8 heteroatoms. The van der Waals surface area contributed by atoms with Crippen LogP contribution in [-0.2, 0) is 14.8 Å². The van der Waals surface area contributed by atoms with Crippen LogP contribution in [0.4, 0.5) is 0 Å². The molecule has 0 aliphatic carbocycles. The van der Waals surface area contributed by atoms with Gasteiger partial charge in [0.25, 0.3) is 0 Å². The summed E-state index contributed by atoms with van der Waals surface area (Å²) in [5, 5.41) is 2.91. The van der Waals surface area contributed by atoms with Gasteiger partial charge in [0.1, 0.15) is 0 Å². The number of hydrogen-bond donors (Lipinski definition) is 2. The third kappa shape index (κ3) is 5.67. The van der Waals surface area contributed by atoms with Crippen LogP contribution in [0.3, 0.4) is 0 Å². The number of nitrogens with two attached hydrogens (primary N) is 1. The molecule has 1 saturated heterocycles. The molecule has 6 nitrogen and oxygen atoms in total. The van der Waals surface area contributed by atoms with Crippen molar-refractivity contribution in [3.05, 3.63) is 29.8 Å². The Labute approximate surface area is 156 Å². The third-order valence-electron chi connectivity index (χ3n) is 4.51. The molecule has 0 aromatic heterocycles. The number of nitrogens with zero attached hydrogens (tertiary/aromatic N) is 1. The number of hydrogen-bond acceptors (Lipinski definition) is 4. The van der Waals surface area contributed by atoms with Crippen LogP contribution in [0.25, 0.3) is 0 Å². The van der Waals surface area contributed by atoms with Crippen LogP contribution in [0.15, 0.2) is 29.2 Å². The van der Waals surface area contributed by atoms with E-state index in [9.17, 15) is 13.2 Å². The molecular formula is C17H28ClN3O3S. The molecule has 1 aliphatic rings. The maximum atomic E-state index is 12.6. The molecule has 1 atom stereocenters. The van der Waals surface area contributed by atoms with E-state index in [0.717, 1.165) is 5.56 Å². The van der Waals surface area contributed by atoms with Crippen molar-refractivity contribution in [2.45, 2.75) is 31.6 Å². The number of sulfonamides is 1. The lowest BCUT2D eigenvalue weighted by molar-refractivity contribution is -0.126. The molecule has 1 heterocycles. The van der Waals surface area contributed by atoms with Crippen molar-refractivity contribution >= 4 is 28.3 Å². The molecule has 1 aromatic carbocycles. The van der Waals surface area contributed by atoms with Crippen molar-refractivity contribution in [3.63, 3.8) is 0 Å². The van der Waals surface area contributed by atoms with Crippen LogP contribution < -0.4 is 11.1 Å². The molecule has 0 spiro atoms. The van der Waals surface area contributed by atoms with Gasteiger partial charge in [-0.3, -0.25) is 4.79 Å². The van der Waals surface area contributed by atoms with Crippen LogP contribution in [0.2, 0.25) is 0 Å². The quantitative estimate of drug-likeness (QED) is 0.771. The van der Waals surface area contributed by atoms with E-state index < -0.39 is 10.0 Å². The van der Waals surface area contributed by atoms with E-state index in [0.29, 0.717) is 43.9 Å². The minimum absolute atomic E-state index is 0. The van der Waals surface area contributed by atoms with Gasteiger partial charge in [-0.25, -0.2) is 8.42 Å². The molecule has 1 aliphatic heterocycles. The molecular weight excluding hydrogens is 362 g/mol. The Hall–Kier alpha value is -1.15. The van der Waals surface area contributed by atoms with Gasteiger partial charge in [0.15, 0.2) is 0 Å². The summed E-state index contributed by atoms with van der Waals surface area (Å²) in [4.78, 5) is 12.5. The predicted octanol–water partition coefficient (Wildman–Crippen LogP) is 1.53. The average molecular weight is 390 g/mol. The van der Waals surface area contributed by atoms with Crippen molar-refractivity contribution in [1.29, 1.82) is 0 Å². The first-order chi connectivity index (χ1) is 11.3. The van der Waals surface area contributed by atoms with Crippen molar-refractivity contribution < 1.29 is 13.2 Å². The summed E-state index contributed by atoms with van der Waals surface area (Å²) in [6, 6.07) is 6.87. The van der Waals surface area contributed by atoms with Crippen molar-refractivity contribution in [2.24, 2.45) is 17.6 Å². The van der Waals surface area contributed by atoms with Gasteiger partial charge in [-0.2, -0.15) is 4.31 Å². The highest BCUT2D eigenvalue weighted by Gasteiger charge is 2.31. The fourth-order valence-corrected chi connectivity index (χ4v) is 4.19. The van der Waals surface area contributed by atoms with E-state index in [4.69, 9.17) is 5.73 Å². The standard InChI is InChI=1S/C17H27N3O3S.ClH/c1-13-3-5-16(6-4-13)24(22,23)20-9-7-15(8-10-20)17(21)19-12-14(2)11-18;/h3-6,14-15H,7-12,18H2,1-2H3,(H,19,21);1H. The van der Waals surface area contributed by atoms with Gasteiger partial charge < -0.3 is 11.1 Å². The lowest BCUT2D eigenvalue weighted by Gasteiger charge is -2.30. The number of piperidine rings is 1. The van der Waals surface area contributed by atoms with E-state index in [-0.39, 0.29) is 30.2 Å². The molecule has 1 fully saturated rings. The molecule has 2 rings (SSSR count). The Morgan fingerprint density at radius 1 is 1.28 bits per heavy atom. The summed E-state index contributed by atoms with van der Waals surface area (Å²) >= 11 is 0. The highest BCUT2D eigenvalue weighted by molar-refractivity contribution is 7.89. The fraction of sp³-hybridized carbons (Fsp3) is 0.588. The number of benzene rings is 1. The Morgan fingerprint density at radius 3 is 2.36 bits per heavy atom. The summed E-state index contributed by atoms with van der Waals surface area (Å²) in [7, 11) is -3.47. The topological polar surface area (TPSA) is 92.5 Å². The Balaban J connectivity index is 0.00000312. The van der Waals surface area contributed by atoms with Gasteiger partial charge in [-0.15, -0.1) is 12.4 Å². The van der Waals surface area contributed by atoms with Gasteiger partial charge in [-0.05, 0) is 44.4 Å². The molecule has 1 aromatic rings. The second kappa shape index (κ2) is 9.52. The average Bonchev–Trinajstić information content (AvgIpc) is 2.59. The van der Waals surface area contributed by atoms with Crippen LogP contribution in [0.1, 0.15) is 25.3 Å². The van der Waals surface area contributed by atoms with Gasteiger partial charge >= 0.3 is 0 Å². The smallest absolute Gasteiger partial charge is 0.243 e. The van der Waals surface area contributed by atoms with E-state index in [1.807, 2.05) is 13.8 Å². The minimum Gasteiger partial charge on any atom is -0.356 e. The van der Waals surface area contributed by atoms with Gasteiger partial charge in [0.05, 0.1) is 4.90 Å². The summed E-state index contributed by atoms with van der Waals surface area (Å²) in [5.41, 5.74) is 6.57. The molecule has 142 valence electrons. The third-order valence-corrected chi connectivity index (χ3v) is 6.42. The van der Waals surface area contributed by atoms with E-state index in [1.54, 1.807) is 24.3 Å². The van der Waals surface area contributed by atoms with Crippen molar-refractivity contribution in [1.82, 2.24) is 9.62 Å². The van der Waals surface area contributed by atoms with E-state index in [1.165, 1.54) is 4.31 Å². The van der Waals surface area contributed by atoms with Crippen LogP contribution in [0, 0.1) is 18.8 Å². The second-order valence-corrected chi connectivity index (χ2v) is 8.52. The molecule has 0 bridgehead atoms. The Kier molecular flexibility index (Phi) is 8.34. The maximum Gasteiger partial charge on any atom is 0.243 e. The van der Waals surface area contributed by atoms with E-state index >= 15 is 0 Å². The number of carbonyl (C=O) groups excluding carboxylic acids is 1. The first-order valence-electron chi connectivity index (χ1n) is 8.39. The number of amides is 1. The molecule has 0 saturated carbocycles. The molecule has 25 heavy (non-hydrogen) atoms. The zero-order chi connectivity index (χ0) is 17.7. The summed E-state index contributed by atoms with van der Waals surface area (Å²) < 4.78 is 26.8. The lowest BCUT2D eigenvalue weighted by atomic mass is 9.97. The summed E-state index contributed by atoms with van der Waals surface area (Å²) in [6.07, 6.45) is 1.10. The predicted molar refractivity (Wildman–Crippen MR) is 101 cm³/mol. The molecule has 0 radical (unpaired) electrons. The number of aryl methyl sites for hydroxylation is 1. The first-order valence-corrected chi connectivity index (χ1v) is 9.83. The van der Waals surface area contributed by atoms with Gasteiger partial charge in [0.2, 0.25) is 15.9 Å². The maximum absolute atomic E-state index is 12.6. The summed E-state index contributed by atoms with van der Waals surface area (Å²) in [6.45, 7) is 5.76. The van der Waals surface area contributed by atoms with Crippen molar-refractivity contribution in [2.75, 3.05) is 26.2 Å². The highest BCUT2D eigenvalue weighted by Crippen LogP contribution is 2.24. The van der Waals surface area contributed by atoms with Crippen LogP contribution >= 0.6 is 12.4 Å². The Bertz CT molecular complexity index is 656. The zero-order valence-electron chi connectivity index (χ0n) is 14.8. The largest absolute Gasteiger partial charge is 0.356 e. The van der Waals surface area contributed by atoms with Crippen LogP contribution in [-0.4, -0.2) is 44.8 Å². The SMILES string of the molecule is Cc1ccc(S(=O)(=O)N2CCC(C(=O)NCC(C)CN)CC2)cc1.Cl. The minimum atomic E-state index is -3.47. The number of rotatable bonds is 6. The molecule has 1 unspecified atom stereocenters. The first kappa shape index (κ1) is 21.9. The molecule has 3 N–H and O–H groups in total. The fourth-order valence-electron chi connectivity index (χ4n) is 2.72. The zero-order valence-corrected chi connectivity index (χ0v) is 16.4. The molecule has 1 amide bonds. The number of carbonyl (C=O) groups is 1. The number of halogens is 1. The van der Waals surface area contributed by atoms with Gasteiger partial charge in [0, 0.05) is 25.6 Å². The number of nitrogens with one attached hydrogen (secondary N) is 1. The second-order valence-electron chi connectivity index (χ2n) is 6.58. The summed E-state index contributed by atoms with van der Waals surface area (Å²) in [5.74, 6) is 0.123. The lowest BCUT2D eigenvalue weighted by Crippen LogP contribution is -2.44. The monoisotopic (exact) mass is 389 g/mol. The van der Waals surface area contributed by atoms with Gasteiger partial charge in [-0.1, -0.05) is 24.6 Å². The van der Waals surface area contributed by atoms with E-state index in [2.05, 4.69) is 5.32 Å². The van der Waals surface area contributed by atoms with Crippen molar-refractivity contribution in [3.8, 4) is 0 Å². The Morgan fingerprint density at radius 2 is 1.84 bits per heavy atom. The van der Waals surface area contributed by atoms with Crippen LogP contribution in [0.5, 0.6) is 0 Å².